The molecule has 0 aromatic rings. The first-order chi connectivity index (χ1) is 4.41. The molecule has 0 aliphatic rings. The molecule has 0 aromatic carbocycles. The van der Waals surface area contributed by atoms with Crippen molar-refractivity contribution in [3.05, 3.63) is 0 Å². The average molecular weight is 177 g/mol. The minimum atomic E-state index is -4.67. The molecule has 0 rings (SSSR count). The molecular formula is C2H11NO6S. The Balaban J connectivity index is -0.0000000847. The first-order valence-electron chi connectivity index (χ1n) is 1.98. The quantitative estimate of drug-likeness (QED) is 0.228. The van der Waals surface area contributed by atoms with E-state index in [-0.39, 0.29) is 6.61 Å². The van der Waals surface area contributed by atoms with Gasteiger partial charge < -0.3 is 10.3 Å². The maximum atomic E-state index is 8.74. The predicted octanol–water partition coefficient (Wildman–Crippen LogP) is -1.32. The monoisotopic (exact) mass is 177 g/mol. The number of aliphatic hydroxyl groups is 1. The van der Waals surface area contributed by atoms with E-state index in [9.17, 15) is 0 Å². The molecule has 0 unspecified atom stereocenters. The summed E-state index contributed by atoms with van der Waals surface area (Å²) in [6.45, 7) is 1.93. The van der Waals surface area contributed by atoms with E-state index in [1.807, 2.05) is 0 Å². The van der Waals surface area contributed by atoms with Crippen LogP contribution in [0.2, 0.25) is 0 Å². The van der Waals surface area contributed by atoms with Crippen LogP contribution in [0.4, 0.5) is 0 Å². The lowest BCUT2D eigenvalue weighted by Gasteiger charge is -1.68. The fraction of sp³-hybridized carbons (Fsp3) is 1.00. The summed E-state index contributed by atoms with van der Waals surface area (Å²) in [6, 6.07) is 0. The van der Waals surface area contributed by atoms with Crippen LogP contribution >= 0.6 is 0 Å². The molecule has 0 saturated carbocycles. The van der Waals surface area contributed by atoms with Gasteiger partial charge in [0.25, 0.3) is 0 Å². The smallest absolute Gasteiger partial charge is 0.394 e. The third kappa shape index (κ3) is 5650. The molecule has 0 aliphatic carbocycles. The van der Waals surface area contributed by atoms with Crippen molar-refractivity contribution in [1.82, 2.24) is 0 Å². The minimum Gasteiger partial charge on any atom is -0.397 e. The van der Waals surface area contributed by atoms with E-state index in [1.54, 1.807) is 6.92 Å². The van der Waals surface area contributed by atoms with Gasteiger partial charge in [-0.15, -0.1) is 0 Å². The molecule has 7 nitrogen and oxygen atoms in total. The van der Waals surface area contributed by atoms with Gasteiger partial charge in [0.2, 0.25) is 0 Å². The lowest BCUT2D eigenvalue weighted by Crippen LogP contribution is -1.89. The molecule has 6 N–H and O–H groups in total. The van der Waals surface area contributed by atoms with E-state index in [1.165, 1.54) is 0 Å². The zero-order chi connectivity index (χ0) is 9.21. The second kappa shape index (κ2) is 11.5. The van der Waals surface area contributed by atoms with E-state index < -0.39 is 10.4 Å². The number of rotatable bonds is 0. The Bertz CT molecular complexity index is 110. The predicted molar refractivity (Wildman–Crippen MR) is 32.9 cm³/mol. The molecule has 0 atom stereocenters. The summed E-state index contributed by atoms with van der Waals surface area (Å²) in [5.41, 5.74) is 0. The highest BCUT2D eigenvalue weighted by molar-refractivity contribution is 7.79. The van der Waals surface area contributed by atoms with Crippen LogP contribution in [0.1, 0.15) is 6.92 Å². The second-order valence-electron chi connectivity index (χ2n) is 0.764. The Morgan fingerprint density at radius 3 is 1.30 bits per heavy atom. The van der Waals surface area contributed by atoms with Gasteiger partial charge in [-0.2, -0.15) is 8.42 Å². The normalized spacial score (nSPS) is 8.20. The first-order valence-corrected chi connectivity index (χ1v) is 3.38. The van der Waals surface area contributed by atoms with E-state index in [2.05, 4.69) is 5.90 Å². The molecule has 0 fully saturated rings. The molecule has 8 heteroatoms. The lowest BCUT2D eigenvalue weighted by atomic mass is 10.9. The van der Waals surface area contributed by atoms with Crippen molar-refractivity contribution in [1.29, 1.82) is 0 Å². The van der Waals surface area contributed by atoms with Crippen LogP contribution in [-0.2, 0) is 10.4 Å². The summed E-state index contributed by atoms with van der Waals surface area (Å²) in [4.78, 5) is 0. The average Bonchev–Trinajstić information content (AvgIpc) is 1.68. The van der Waals surface area contributed by atoms with E-state index in [0.717, 1.165) is 0 Å². The maximum absolute atomic E-state index is 8.74. The van der Waals surface area contributed by atoms with Gasteiger partial charge in [-0.3, -0.25) is 9.11 Å². The Morgan fingerprint density at radius 1 is 1.30 bits per heavy atom. The molecular weight excluding hydrogens is 166 g/mol. The van der Waals surface area contributed by atoms with E-state index in [4.69, 9.17) is 27.8 Å². The number of nitrogens with two attached hydrogens (primary N) is 1. The fourth-order valence-electron chi connectivity index (χ4n) is 0. The number of hydrogen-bond donors (Lipinski definition) is 5. The molecule has 10 heavy (non-hydrogen) atoms. The summed E-state index contributed by atoms with van der Waals surface area (Å²) in [5, 5.41) is 14.1. The molecule has 0 saturated heterocycles. The van der Waals surface area contributed by atoms with Gasteiger partial charge >= 0.3 is 10.4 Å². The van der Waals surface area contributed by atoms with Gasteiger partial charge in [-0.05, 0) is 6.92 Å². The van der Waals surface area contributed by atoms with Gasteiger partial charge in [0.1, 0.15) is 0 Å². The van der Waals surface area contributed by atoms with Gasteiger partial charge in [-0.25, -0.2) is 5.90 Å². The molecule has 0 bridgehead atoms. The standard InChI is InChI=1S/C2H6O.H3NO.H2O4S/c1-2-3;1-2;1-5(2,3)4/h3H,2H2,1H3;2H,1H2;(H2,1,2,3,4). The largest absolute Gasteiger partial charge is 0.397 e. The first kappa shape index (κ1) is 16.4. The summed E-state index contributed by atoms with van der Waals surface area (Å²) in [6.07, 6.45) is 0. The van der Waals surface area contributed by atoms with Crippen molar-refractivity contribution in [2.24, 2.45) is 5.90 Å². The summed E-state index contributed by atoms with van der Waals surface area (Å²) in [7, 11) is -4.67. The molecule has 0 aromatic heterocycles. The van der Waals surface area contributed by atoms with Crippen LogP contribution < -0.4 is 5.90 Å². The topological polar surface area (TPSA) is 141 Å². The third-order valence-electron chi connectivity index (χ3n) is 0. The lowest BCUT2D eigenvalue weighted by molar-refractivity contribution is 0.311. The minimum absolute atomic E-state index is 0.250. The Labute approximate surface area is 58.6 Å². The van der Waals surface area contributed by atoms with Crippen LogP contribution in [0.3, 0.4) is 0 Å². The van der Waals surface area contributed by atoms with Crippen LogP contribution in [0.5, 0.6) is 0 Å². The molecule has 0 amide bonds. The van der Waals surface area contributed by atoms with Crippen molar-refractivity contribution < 1.29 is 27.8 Å². The summed E-state index contributed by atoms with van der Waals surface area (Å²) in [5.74, 6) is 3.50. The molecule has 0 heterocycles. The Kier molecular flexibility index (Phi) is 18.9. The van der Waals surface area contributed by atoms with Crippen molar-refractivity contribution in [3.63, 3.8) is 0 Å². The van der Waals surface area contributed by atoms with Gasteiger partial charge in [0.05, 0.1) is 0 Å². The fourth-order valence-corrected chi connectivity index (χ4v) is 0. The highest BCUT2D eigenvalue weighted by Crippen LogP contribution is 1.59. The third-order valence-corrected chi connectivity index (χ3v) is 0. The maximum Gasteiger partial charge on any atom is 0.394 e. The van der Waals surface area contributed by atoms with Crippen LogP contribution in [0, 0.1) is 0 Å². The zero-order valence-corrected chi connectivity index (χ0v) is 6.11. The van der Waals surface area contributed by atoms with Crippen LogP contribution in [0.25, 0.3) is 0 Å². The van der Waals surface area contributed by atoms with Crippen molar-refractivity contribution in [3.8, 4) is 0 Å². The van der Waals surface area contributed by atoms with E-state index >= 15 is 0 Å². The highest BCUT2D eigenvalue weighted by atomic mass is 32.3. The molecule has 66 valence electrons. The molecule has 0 radical (unpaired) electrons. The Morgan fingerprint density at radius 2 is 1.30 bits per heavy atom. The second-order valence-corrected chi connectivity index (χ2v) is 1.66. The highest BCUT2D eigenvalue weighted by Gasteiger charge is 1.84. The summed E-state index contributed by atoms with van der Waals surface area (Å²) < 4.78 is 31.6. The SMILES string of the molecule is CCO.NO.O=S(=O)(O)O. The Hall–Kier alpha value is -0.250. The summed E-state index contributed by atoms with van der Waals surface area (Å²) >= 11 is 0. The number of hydrogen-bond acceptors (Lipinski definition) is 5. The van der Waals surface area contributed by atoms with Crippen molar-refractivity contribution in [2.75, 3.05) is 6.61 Å². The van der Waals surface area contributed by atoms with Gasteiger partial charge in [0.15, 0.2) is 0 Å². The number of aliphatic hydroxyl groups excluding tert-OH is 1. The van der Waals surface area contributed by atoms with E-state index in [0.29, 0.717) is 0 Å². The van der Waals surface area contributed by atoms with Crippen LogP contribution in [-0.4, -0.2) is 34.4 Å². The zero-order valence-electron chi connectivity index (χ0n) is 5.30. The van der Waals surface area contributed by atoms with Crippen LogP contribution in [0.15, 0.2) is 0 Å². The molecule has 0 spiro atoms. The molecule has 0 aliphatic heterocycles. The van der Waals surface area contributed by atoms with Crippen molar-refractivity contribution >= 4 is 10.4 Å². The van der Waals surface area contributed by atoms with Gasteiger partial charge in [0, 0.05) is 6.61 Å². The van der Waals surface area contributed by atoms with Gasteiger partial charge in [-0.1, -0.05) is 0 Å². The van der Waals surface area contributed by atoms with Crippen molar-refractivity contribution in [2.45, 2.75) is 6.92 Å².